The molecule has 0 aliphatic carbocycles. The highest BCUT2D eigenvalue weighted by molar-refractivity contribution is 5.87. The van der Waals surface area contributed by atoms with Crippen LogP contribution in [0.1, 0.15) is 29.7 Å². The first-order chi connectivity index (χ1) is 14.1. The molecule has 2 aliphatic heterocycles. The molecule has 2 aliphatic rings. The fourth-order valence-corrected chi connectivity index (χ4v) is 4.02. The van der Waals surface area contributed by atoms with E-state index in [0.717, 1.165) is 25.9 Å². The molecule has 0 bridgehead atoms. The molecule has 2 aromatic rings. The van der Waals surface area contributed by atoms with E-state index in [9.17, 15) is 9.59 Å². The summed E-state index contributed by atoms with van der Waals surface area (Å²) in [5.74, 6) is 1.20. The van der Waals surface area contributed by atoms with Crippen molar-refractivity contribution < 1.29 is 13.9 Å². The standard InChI is InChI=1S/C23H26N2O4/c1-2-23(27)25-9-7-17(8-10-25)15-29-22-16-28-20(11-21(22)26)14-24-12-18-5-3-4-6-19(18)13-24/h2-6,11,16-17H,1,7-10,12-15H2. The van der Waals surface area contributed by atoms with Gasteiger partial charge in [-0.2, -0.15) is 0 Å². The van der Waals surface area contributed by atoms with Gasteiger partial charge >= 0.3 is 0 Å². The predicted molar refractivity (Wildman–Crippen MR) is 109 cm³/mol. The molecule has 1 amide bonds. The average Bonchev–Trinajstić information content (AvgIpc) is 3.15. The molecule has 0 N–H and O–H groups in total. The lowest BCUT2D eigenvalue weighted by molar-refractivity contribution is -0.127. The molecule has 0 unspecified atom stereocenters. The van der Waals surface area contributed by atoms with Crippen LogP contribution >= 0.6 is 0 Å². The molecule has 3 heterocycles. The van der Waals surface area contributed by atoms with E-state index in [2.05, 4.69) is 35.7 Å². The van der Waals surface area contributed by atoms with E-state index in [1.165, 1.54) is 29.5 Å². The summed E-state index contributed by atoms with van der Waals surface area (Å²) < 4.78 is 11.4. The third kappa shape index (κ3) is 4.59. The van der Waals surface area contributed by atoms with Crippen molar-refractivity contribution in [2.45, 2.75) is 32.5 Å². The van der Waals surface area contributed by atoms with Gasteiger partial charge in [-0.25, -0.2) is 0 Å². The fraction of sp³-hybridized carbons (Fsp3) is 0.391. The van der Waals surface area contributed by atoms with Crippen molar-refractivity contribution in [3.05, 3.63) is 76.4 Å². The molecular weight excluding hydrogens is 368 g/mol. The predicted octanol–water partition coefficient (Wildman–Crippen LogP) is 2.96. The first-order valence-corrected chi connectivity index (χ1v) is 10.1. The summed E-state index contributed by atoms with van der Waals surface area (Å²) in [5, 5.41) is 0. The Hall–Kier alpha value is -2.86. The highest BCUT2D eigenvalue weighted by atomic mass is 16.5. The molecular formula is C23H26N2O4. The molecule has 1 fully saturated rings. The molecule has 1 saturated heterocycles. The topological polar surface area (TPSA) is 63.0 Å². The number of carbonyl (C=O) groups is 1. The van der Waals surface area contributed by atoms with Gasteiger partial charge < -0.3 is 14.1 Å². The summed E-state index contributed by atoms with van der Waals surface area (Å²) >= 11 is 0. The molecule has 6 nitrogen and oxygen atoms in total. The second kappa shape index (κ2) is 8.66. The molecule has 0 spiro atoms. The van der Waals surface area contributed by atoms with Crippen molar-refractivity contribution in [1.29, 1.82) is 0 Å². The van der Waals surface area contributed by atoms with Crippen molar-refractivity contribution in [3.8, 4) is 5.75 Å². The maximum atomic E-state index is 12.4. The first kappa shape index (κ1) is 19.5. The molecule has 0 atom stereocenters. The Morgan fingerprint density at radius 1 is 1.21 bits per heavy atom. The first-order valence-electron chi connectivity index (χ1n) is 10.1. The number of piperidine rings is 1. The van der Waals surface area contributed by atoms with Gasteiger partial charge in [-0.1, -0.05) is 30.8 Å². The minimum atomic E-state index is -0.151. The minimum Gasteiger partial charge on any atom is -0.486 e. The number of rotatable bonds is 6. The Morgan fingerprint density at radius 2 is 1.90 bits per heavy atom. The van der Waals surface area contributed by atoms with E-state index >= 15 is 0 Å². The fourth-order valence-electron chi connectivity index (χ4n) is 4.02. The molecule has 29 heavy (non-hydrogen) atoms. The lowest BCUT2D eigenvalue weighted by Gasteiger charge is -2.31. The summed E-state index contributed by atoms with van der Waals surface area (Å²) in [5.41, 5.74) is 2.51. The van der Waals surface area contributed by atoms with E-state index in [-0.39, 0.29) is 17.1 Å². The highest BCUT2D eigenvalue weighted by Gasteiger charge is 2.23. The van der Waals surface area contributed by atoms with E-state index < -0.39 is 0 Å². The number of likely N-dealkylation sites (tertiary alicyclic amines) is 1. The smallest absolute Gasteiger partial charge is 0.245 e. The lowest BCUT2D eigenvalue weighted by atomic mass is 9.98. The molecule has 6 heteroatoms. The van der Waals surface area contributed by atoms with Crippen molar-refractivity contribution in [2.75, 3.05) is 19.7 Å². The van der Waals surface area contributed by atoms with Crippen LogP contribution in [0, 0.1) is 5.92 Å². The van der Waals surface area contributed by atoms with Crippen LogP contribution in [0.15, 0.2) is 58.5 Å². The average molecular weight is 394 g/mol. The zero-order valence-electron chi connectivity index (χ0n) is 16.5. The Labute approximate surface area is 170 Å². The monoisotopic (exact) mass is 394 g/mol. The summed E-state index contributed by atoms with van der Waals surface area (Å²) in [6, 6.07) is 9.91. The Balaban J connectivity index is 1.28. The van der Waals surface area contributed by atoms with E-state index in [0.29, 0.717) is 37.9 Å². The highest BCUT2D eigenvalue weighted by Crippen LogP contribution is 2.24. The van der Waals surface area contributed by atoms with Crippen LogP contribution in [0.2, 0.25) is 0 Å². The van der Waals surface area contributed by atoms with Gasteiger partial charge in [0.25, 0.3) is 0 Å². The summed E-state index contributed by atoms with van der Waals surface area (Å²) in [6.45, 7) is 7.71. The number of fused-ring (bicyclic) bond motifs is 1. The van der Waals surface area contributed by atoms with E-state index in [1.54, 1.807) is 4.90 Å². The molecule has 4 rings (SSSR count). The van der Waals surface area contributed by atoms with Gasteiger partial charge in [-0.05, 0) is 36.0 Å². The number of nitrogens with zero attached hydrogens (tertiary/aromatic N) is 2. The van der Waals surface area contributed by atoms with E-state index in [1.807, 2.05) is 0 Å². The van der Waals surface area contributed by atoms with Gasteiger partial charge in [0, 0.05) is 32.2 Å². The van der Waals surface area contributed by atoms with Gasteiger partial charge in [-0.3, -0.25) is 14.5 Å². The van der Waals surface area contributed by atoms with Crippen LogP contribution in [0.4, 0.5) is 0 Å². The maximum Gasteiger partial charge on any atom is 0.245 e. The van der Waals surface area contributed by atoms with Crippen molar-refractivity contribution in [2.24, 2.45) is 5.92 Å². The van der Waals surface area contributed by atoms with Crippen molar-refractivity contribution >= 4 is 5.91 Å². The number of benzene rings is 1. The van der Waals surface area contributed by atoms with Crippen LogP contribution in [-0.2, 0) is 24.4 Å². The third-order valence-corrected chi connectivity index (χ3v) is 5.71. The third-order valence-electron chi connectivity index (χ3n) is 5.71. The second-order valence-corrected chi connectivity index (χ2v) is 7.77. The van der Waals surface area contributed by atoms with E-state index in [4.69, 9.17) is 9.15 Å². The SMILES string of the molecule is C=CC(=O)N1CCC(COc2coc(CN3Cc4ccccc4C3)cc2=O)CC1. The number of hydrogen-bond acceptors (Lipinski definition) is 5. The van der Waals surface area contributed by atoms with Gasteiger partial charge in [0.2, 0.25) is 17.1 Å². The summed E-state index contributed by atoms with van der Waals surface area (Å²) in [4.78, 5) is 28.1. The number of hydrogen-bond donors (Lipinski definition) is 0. The van der Waals surface area contributed by atoms with Crippen LogP contribution in [0.25, 0.3) is 0 Å². The second-order valence-electron chi connectivity index (χ2n) is 7.77. The number of amides is 1. The summed E-state index contributed by atoms with van der Waals surface area (Å²) in [7, 11) is 0. The zero-order chi connectivity index (χ0) is 20.2. The van der Waals surface area contributed by atoms with Gasteiger partial charge in [0.05, 0.1) is 13.2 Å². The van der Waals surface area contributed by atoms with Crippen LogP contribution in [0.5, 0.6) is 5.75 Å². The van der Waals surface area contributed by atoms with Crippen molar-refractivity contribution in [1.82, 2.24) is 9.80 Å². The molecule has 1 aromatic heterocycles. The maximum absolute atomic E-state index is 12.4. The zero-order valence-corrected chi connectivity index (χ0v) is 16.5. The molecule has 0 saturated carbocycles. The van der Waals surface area contributed by atoms with Crippen LogP contribution in [-0.4, -0.2) is 35.4 Å². The van der Waals surface area contributed by atoms with Gasteiger partial charge in [-0.15, -0.1) is 0 Å². The largest absolute Gasteiger partial charge is 0.486 e. The molecule has 0 radical (unpaired) electrons. The van der Waals surface area contributed by atoms with Crippen LogP contribution < -0.4 is 10.2 Å². The Bertz CT molecular complexity index is 919. The normalized spacial score (nSPS) is 17.2. The lowest BCUT2D eigenvalue weighted by Crippen LogP contribution is -2.38. The van der Waals surface area contributed by atoms with Gasteiger partial charge in [0.1, 0.15) is 12.0 Å². The van der Waals surface area contributed by atoms with Crippen LogP contribution in [0.3, 0.4) is 0 Å². The quantitative estimate of drug-likeness (QED) is 0.705. The Morgan fingerprint density at radius 3 is 2.52 bits per heavy atom. The molecule has 152 valence electrons. The minimum absolute atomic E-state index is 0.0262. The molecule has 1 aromatic carbocycles. The number of carbonyl (C=O) groups excluding carboxylic acids is 1. The Kier molecular flexibility index (Phi) is 5.81. The van der Waals surface area contributed by atoms with Gasteiger partial charge in [0.15, 0.2) is 0 Å². The van der Waals surface area contributed by atoms with Crippen molar-refractivity contribution in [3.63, 3.8) is 0 Å². The number of ether oxygens (including phenoxy) is 1. The summed E-state index contributed by atoms with van der Waals surface area (Å²) in [6.07, 6.45) is 4.50.